The normalized spacial score (nSPS) is 11.0. The minimum absolute atomic E-state index is 0.0511. The number of anilines is 1. The summed E-state index contributed by atoms with van der Waals surface area (Å²) in [5, 5.41) is 3.74. The van der Waals surface area contributed by atoms with Gasteiger partial charge < -0.3 is 10.6 Å². The molecule has 0 bridgehead atoms. The number of nitrogens with two attached hydrogens (primary N) is 1. The van der Waals surface area contributed by atoms with Crippen LogP contribution in [0.5, 0.6) is 0 Å². The van der Waals surface area contributed by atoms with Crippen molar-refractivity contribution in [3.05, 3.63) is 62.3 Å². The van der Waals surface area contributed by atoms with Gasteiger partial charge >= 0.3 is 5.69 Å². The largest absolute Gasteiger partial charge is 0.391 e. The Morgan fingerprint density at radius 3 is 2.52 bits per heavy atom. The summed E-state index contributed by atoms with van der Waals surface area (Å²) >= 11 is 0. The minimum atomic E-state index is -0.511. The van der Waals surface area contributed by atoms with Crippen LogP contribution in [0, 0.1) is 0 Å². The van der Waals surface area contributed by atoms with Gasteiger partial charge in [0.15, 0.2) is 0 Å². The summed E-state index contributed by atoms with van der Waals surface area (Å²) in [5.74, 6) is 0.0511. The molecule has 1 heterocycles. The zero-order valence-corrected chi connectivity index (χ0v) is 11.8. The highest BCUT2D eigenvalue weighted by Gasteiger charge is 2.11. The summed E-state index contributed by atoms with van der Waals surface area (Å²) in [4.78, 5) is 28.7. The van der Waals surface area contributed by atoms with Crippen molar-refractivity contribution in [3.8, 4) is 0 Å². The summed E-state index contributed by atoms with van der Waals surface area (Å²) in [6.45, 7) is 0.281. The molecule has 0 radical (unpaired) electrons. The Balaban J connectivity index is 2.19. The van der Waals surface area contributed by atoms with Crippen LogP contribution < -0.4 is 17.0 Å². The SMILES string of the molecule is Cn1c(N)c(/C=N/OCc2ccccc2)c(=O)n(C)c1=O. The highest BCUT2D eigenvalue weighted by molar-refractivity contribution is 5.84. The Morgan fingerprint density at radius 1 is 1.19 bits per heavy atom. The number of oxime groups is 1. The minimum Gasteiger partial charge on any atom is -0.391 e. The second-order valence-electron chi connectivity index (χ2n) is 4.50. The van der Waals surface area contributed by atoms with E-state index >= 15 is 0 Å². The molecule has 0 saturated heterocycles. The van der Waals surface area contributed by atoms with Gasteiger partial charge in [-0.15, -0.1) is 0 Å². The molecule has 110 valence electrons. The molecule has 0 atom stereocenters. The van der Waals surface area contributed by atoms with Crippen molar-refractivity contribution in [2.24, 2.45) is 19.3 Å². The fourth-order valence-electron chi connectivity index (χ4n) is 1.78. The van der Waals surface area contributed by atoms with E-state index in [9.17, 15) is 9.59 Å². The number of hydrogen-bond acceptors (Lipinski definition) is 5. The first-order valence-corrected chi connectivity index (χ1v) is 6.27. The van der Waals surface area contributed by atoms with E-state index in [1.807, 2.05) is 30.3 Å². The molecule has 0 saturated carbocycles. The third-order valence-electron chi connectivity index (χ3n) is 3.08. The van der Waals surface area contributed by atoms with E-state index in [2.05, 4.69) is 5.16 Å². The fraction of sp³-hybridized carbons (Fsp3) is 0.214. The van der Waals surface area contributed by atoms with Crippen LogP contribution in [0.15, 0.2) is 45.1 Å². The van der Waals surface area contributed by atoms with Crippen molar-refractivity contribution in [2.75, 3.05) is 5.73 Å². The van der Waals surface area contributed by atoms with Crippen molar-refractivity contribution in [3.63, 3.8) is 0 Å². The molecule has 1 aromatic heterocycles. The van der Waals surface area contributed by atoms with Gasteiger partial charge in [0.05, 0.1) is 6.21 Å². The first-order chi connectivity index (χ1) is 10.0. The van der Waals surface area contributed by atoms with Gasteiger partial charge in [-0.2, -0.15) is 0 Å². The molecule has 1 aromatic carbocycles. The molecule has 21 heavy (non-hydrogen) atoms. The number of rotatable bonds is 4. The van der Waals surface area contributed by atoms with E-state index in [4.69, 9.17) is 10.6 Å². The van der Waals surface area contributed by atoms with Crippen LogP contribution in [-0.2, 0) is 25.5 Å². The summed E-state index contributed by atoms with van der Waals surface area (Å²) in [5.41, 5.74) is 5.82. The van der Waals surface area contributed by atoms with E-state index in [0.717, 1.165) is 10.1 Å². The van der Waals surface area contributed by atoms with Gasteiger partial charge in [-0.05, 0) is 5.56 Å². The lowest BCUT2D eigenvalue weighted by atomic mass is 10.2. The molecule has 0 unspecified atom stereocenters. The second-order valence-corrected chi connectivity index (χ2v) is 4.50. The zero-order chi connectivity index (χ0) is 15.4. The number of nitrogen functional groups attached to an aromatic ring is 1. The van der Waals surface area contributed by atoms with Crippen LogP contribution in [-0.4, -0.2) is 15.3 Å². The van der Waals surface area contributed by atoms with Crippen molar-refractivity contribution in [1.29, 1.82) is 0 Å². The Kier molecular flexibility index (Phi) is 4.22. The van der Waals surface area contributed by atoms with E-state index in [0.29, 0.717) is 0 Å². The molecular formula is C14H16N4O3. The Hall–Kier alpha value is -2.83. The molecule has 2 N–H and O–H groups in total. The van der Waals surface area contributed by atoms with Gasteiger partial charge in [0.25, 0.3) is 5.56 Å². The van der Waals surface area contributed by atoms with E-state index in [1.54, 1.807) is 0 Å². The highest BCUT2D eigenvalue weighted by Crippen LogP contribution is 2.02. The van der Waals surface area contributed by atoms with Gasteiger partial charge in [0.1, 0.15) is 18.0 Å². The molecule has 0 fully saturated rings. The monoisotopic (exact) mass is 288 g/mol. The lowest BCUT2D eigenvalue weighted by molar-refractivity contribution is 0.132. The van der Waals surface area contributed by atoms with Crippen molar-refractivity contribution < 1.29 is 4.84 Å². The van der Waals surface area contributed by atoms with E-state index < -0.39 is 11.2 Å². The van der Waals surface area contributed by atoms with Gasteiger partial charge in [0, 0.05) is 14.1 Å². The summed E-state index contributed by atoms with van der Waals surface area (Å²) in [6, 6.07) is 9.48. The maximum absolute atomic E-state index is 11.9. The van der Waals surface area contributed by atoms with Gasteiger partial charge in [-0.1, -0.05) is 35.5 Å². The lowest BCUT2D eigenvalue weighted by Crippen LogP contribution is -2.40. The molecule has 0 spiro atoms. The lowest BCUT2D eigenvalue weighted by Gasteiger charge is -2.08. The van der Waals surface area contributed by atoms with E-state index in [1.165, 1.54) is 24.9 Å². The third kappa shape index (κ3) is 3.02. The van der Waals surface area contributed by atoms with Crippen LogP contribution >= 0.6 is 0 Å². The Labute approximate surface area is 120 Å². The molecule has 7 heteroatoms. The first-order valence-electron chi connectivity index (χ1n) is 6.27. The molecule has 0 aliphatic carbocycles. The smallest absolute Gasteiger partial charge is 0.332 e. The molecule has 7 nitrogen and oxygen atoms in total. The topological polar surface area (TPSA) is 91.6 Å². The molecule has 2 rings (SSSR count). The van der Waals surface area contributed by atoms with E-state index in [-0.39, 0.29) is 18.0 Å². The Morgan fingerprint density at radius 2 is 1.86 bits per heavy atom. The fourth-order valence-corrected chi connectivity index (χ4v) is 1.78. The van der Waals surface area contributed by atoms with Gasteiger partial charge in [-0.25, -0.2) is 4.79 Å². The number of hydrogen-bond donors (Lipinski definition) is 1. The standard InChI is InChI=1S/C14H16N4O3/c1-17-12(15)11(13(19)18(2)14(17)20)8-16-21-9-10-6-4-3-5-7-10/h3-8H,9,15H2,1-2H3/b16-8+. The van der Waals surface area contributed by atoms with Crippen LogP contribution in [0.3, 0.4) is 0 Å². The van der Waals surface area contributed by atoms with Gasteiger partial charge in [-0.3, -0.25) is 13.9 Å². The molecule has 0 aliphatic rings. The van der Waals surface area contributed by atoms with Gasteiger partial charge in [0.2, 0.25) is 0 Å². The molecular weight excluding hydrogens is 272 g/mol. The van der Waals surface area contributed by atoms with Crippen molar-refractivity contribution in [1.82, 2.24) is 9.13 Å². The third-order valence-corrected chi connectivity index (χ3v) is 3.08. The van der Waals surface area contributed by atoms with Crippen LogP contribution in [0.1, 0.15) is 11.1 Å². The number of aromatic nitrogens is 2. The highest BCUT2D eigenvalue weighted by atomic mass is 16.6. The average Bonchev–Trinajstić information content (AvgIpc) is 2.51. The summed E-state index contributed by atoms with van der Waals surface area (Å²) in [6.07, 6.45) is 1.22. The predicted octanol–water partition coefficient (Wildman–Crippen LogP) is 0.217. The quantitative estimate of drug-likeness (QED) is 0.643. The zero-order valence-electron chi connectivity index (χ0n) is 11.8. The van der Waals surface area contributed by atoms with Crippen molar-refractivity contribution >= 4 is 12.0 Å². The molecule has 0 amide bonds. The van der Waals surface area contributed by atoms with Crippen LogP contribution in [0.25, 0.3) is 0 Å². The maximum atomic E-state index is 11.9. The number of benzene rings is 1. The van der Waals surface area contributed by atoms with Crippen molar-refractivity contribution in [2.45, 2.75) is 6.61 Å². The maximum Gasteiger partial charge on any atom is 0.332 e. The predicted molar refractivity (Wildman–Crippen MR) is 80.2 cm³/mol. The average molecular weight is 288 g/mol. The molecule has 2 aromatic rings. The summed E-state index contributed by atoms with van der Waals surface area (Å²) < 4.78 is 2.15. The second kappa shape index (κ2) is 6.08. The van der Waals surface area contributed by atoms with Crippen LogP contribution in [0.4, 0.5) is 5.82 Å². The Bertz CT molecular complexity index is 775. The first kappa shape index (κ1) is 14.6. The number of nitrogens with zero attached hydrogens (tertiary/aromatic N) is 3. The summed E-state index contributed by atoms with van der Waals surface area (Å²) in [7, 11) is 2.87. The molecule has 0 aliphatic heterocycles. The van der Waals surface area contributed by atoms with Crippen LogP contribution in [0.2, 0.25) is 0 Å².